The quantitative estimate of drug-likeness (QED) is 0.581. The van der Waals surface area contributed by atoms with Gasteiger partial charge in [-0.2, -0.15) is 0 Å². The van der Waals surface area contributed by atoms with Gasteiger partial charge < -0.3 is 14.3 Å². The van der Waals surface area contributed by atoms with Crippen LogP contribution in [0.15, 0.2) is 24.3 Å². The van der Waals surface area contributed by atoms with E-state index in [4.69, 9.17) is 9.16 Å². The molecule has 84 valence electrons. The fraction of sp³-hybridized carbons (Fsp3) is 0.455. The summed E-state index contributed by atoms with van der Waals surface area (Å²) in [6.45, 7) is 3.43. The number of phenols is 1. The number of rotatable bonds is 6. The molecule has 1 aromatic carbocycles. The molecule has 1 unspecified atom stereocenters. The standard InChI is InChI=1S/C11H18O3Si/c1-3-15(14-9-8-13-2)11-6-4-10(12)5-7-11/h4-7,12,15H,3,8-9H2,1-2H3. The summed E-state index contributed by atoms with van der Waals surface area (Å²) in [6.07, 6.45) is 0. The van der Waals surface area contributed by atoms with Gasteiger partial charge in [0.1, 0.15) is 5.75 Å². The predicted molar refractivity (Wildman–Crippen MR) is 63.2 cm³/mol. The van der Waals surface area contributed by atoms with Crippen molar-refractivity contribution < 1.29 is 14.3 Å². The van der Waals surface area contributed by atoms with Gasteiger partial charge in [-0.15, -0.1) is 0 Å². The minimum Gasteiger partial charge on any atom is -0.508 e. The van der Waals surface area contributed by atoms with Gasteiger partial charge in [-0.05, 0) is 23.4 Å². The Balaban J connectivity index is 2.53. The van der Waals surface area contributed by atoms with Crippen molar-refractivity contribution in [3.05, 3.63) is 24.3 Å². The summed E-state index contributed by atoms with van der Waals surface area (Å²) in [4.78, 5) is 0. The molecule has 0 aliphatic carbocycles. The van der Waals surface area contributed by atoms with Crippen molar-refractivity contribution in [1.29, 1.82) is 0 Å². The third-order valence-electron chi connectivity index (χ3n) is 2.24. The number of phenolic OH excluding ortho intramolecular Hbond substituents is 1. The van der Waals surface area contributed by atoms with Gasteiger partial charge in [0.05, 0.1) is 13.2 Å². The largest absolute Gasteiger partial charge is 0.508 e. The van der Waals surface area contributed by atoms with E-state index in [1.54, 1.807) is 19.2 Å². The first-order valence-electron chi connectivity index (χ1n) is 5.17. The number of aromatic hydroxyl groups is 1. The molecule has 0 aromatic heterocycles. The second-order valence-corrected chi connectivity index (χ2v) is 6.15. The molecule has 0 saturated carbocycles. The lowest BCUT2D eigenvalue weighted by molar-refractivity contribution is 0.147. The molecule has 0 fully saturated rings. The van der Waals surface area contributed by atoms with Crippen LogP contribution in [0.2, 0.25) is 6.04 Å². The zero-order valence-corrected chi connectivity index (χ0v) is 10.4. The van der Waals surface area contributed by atoms with Crippen LogP contribution in [0.5, 0.6) is 5.75 Å². The summed E-state index contributed by atoms with van der Waals surface area (Å²) in [7, 11) is 0.358. The molecule has 1 atom stereocenters. The van der Waals surface area contributed by atoms with Gasteiger partial charge in [0, 0.05) is 7.11 Å². The van der Waals surface area contributed by atoms with Gasteiger partial charge in [-0.25, -0.2) is 0 Å². The molecule has 0 saturated heterocycles. The van der Waals surface area contributed by atoms with Crippen molar-refractivity contribution in [3.8, 4) is 5.75 Å². The minimum absolute atomic E-state index is 0.305. The molecule has 1 N–H and O–H groups in total. The highest BCUT2D eigenvalue weighted by atomic mass is 28.3. The molecular weight excluding hydrogens is 208 g/mol. The van der Waals surface area contributed by atoms with Crippen LogP contribution >= 0.6 is 0 Å². The SMILES string of the molecule is CC[SiH](OCCOC)c1ccc(O)cc1. The first kappa shape index (κ1) is 12.2. The van der Waals surface area contributed by atoms with E-state index in [0.717, 1.165) is 6.04 Å². The molecule has 1 rings (SSSR count). The van der Waals surface area contributed by atoms with Crippen LogP contribution in [0.3, 0.4) is 0 Å². The van der Waals surface area contributed by atoms with E-state index in [9.17, 15) is 5.11 Å². The highest BCUT2D eigenvalue weighted by molar-refractivity contribution is 6.67. The first-order valence-corrected chi connectivity index (χ1v) is 7.04. The number of hydrogen-bond donors (Lipinski definition) is 1. The number of benzene rings is 1. The topological polar surface area (TPSA) is 38.7 Å². The van der Waals surface area contributed by atoms with E-state index < -0.39 is 9.04 Å². The average Bonchev–Trinajstić information content (AvgIpc) is 2.26. The lowest BCUT2D eigenvalue weighted by Gasteiger charge is -2.14. The third kappa shape index (κ3) is 4.03. The number of hydrogen-bond acceptors (Lipinski definition) is 3. The molecule has 0 heterocycles. The second-order valence-electron chi connectivity index (χ2n) is 3.35. The van der Waals surface area contributed by atoms with E-state index >= 15 is 0 Å². The van der Waals surface area contributed by atoms with Crippen molar-refractivity contribution in [2.45, 2.75) is 13.0 Å². The molecule has 3 nitrogen and oxygen atoms in total. The van der Waals surface area contributed by atoms with E-state index in [2.05, 4.69) is 6.92 Å². The lowest BCUT2D eigenvalue weighted by atomic mass is 10.3. The van der Waals surface area contributed by atoms with E-state index in [1.165, 1.54) is 5.19 Å². The molecule has 15 heavy (non-hydrogen) atoms. The van der Waals surface area contributed by atoms with Crippen LogP contribution < -0.4 is 5.19 Å². The Hall–Kier alpha value is -0.843. The summed E-state index contributed by atoms with van der Waals surface area (Å²) in [5.41, 5.74) is 0. The Morgan fingerprint density at radius 2 is 1.87 bits per heavy atom. The maximum absolute atomic E-state index is 9.18. The second kappa shape index (κ2) is 6.61. The minimum atomic E-state index is -1.31. The normalized spacial score (nSPS) is 12.7. The Kier molecular flexibility index (Phi) is 5.38. The zero-order chi connectivity index (χ0) is 11.1. The maximum atomic E-state index is 9.18. The smallest absolute Gasteiger partial charge is 0.208 e. The van der Waals surface area contributed by atoms with Crippen LogP contribution in [-0.2, 0) is 9.16 Å². The summed E-state index contributed by atoms with van der Waals surface area (Å²) < 4.78 is 10.7. The van der Waals surface area contributed by atoms with Crippen LogP contribution in [0.25, 0.3) is 0 Å². The zero-order valence-electron chi connectivity index (χ0n) is 9.27. The molecule has 0 bridgehead atoms. The molecule has 0 amide bonds. The van der Waals surface area contributed by atoms with Gasteiger partial charge in [0.15, 0.2) is 0 Å². The fourth-order valence-electron chi connectivity index (χ4n) is 1.41. The molecule has 4 heteroatoms. The van der Waals surface area contributed by atoms with Crippen molar-refractivity contribution in [2.75, 3.05) is 20.3 Å². The van der Waals surface area contributed by atoms with E-state index in [0.29, 0.717) is 19.0 Å². The Bertz CT molecular complexity index is 274. The van der Waals surface area contributed by atoms with E-state index in [1.807, 2.05) is 12.1 Å². The number of ether oxygens (including phenoxy) is 1. The van der Waals surface area contributed by atoms with Crippen molar-refractivity contribution >= 4 is 14.2 Å². The summed E-state index contributed by atoms with van der Waals surface area (Å²) in [5.74, 6) is 0.305. The Labute approximate surface area is 92.4 Å². The fourth-order valence-corrected chi connectivity index (χ4v) is 3.31. The summed E-state index contributed by atoms with van der Waals surface area (Å²) in [6, 6.07) is 8.37. The Morgan fingerprint density at radius 3 is 2.40 bits per heavy atom. The van der Waals surface area contributed by atoms with Gasteiger partial charge >= 0.3 is 0 Å². The molecule has 0 aliphatic heterocycles. The third-order valence-corrected chi connectivity index (χ3v) is 4.75. The first-order chi connectivity index (χ1) is 7.27. The summed E-state index contributed by atoms with van der Waals surface area (Å²) in [5, 5.41) is 10.4. The van der Waals surface area contributed by atoms with Crippen LogP contribution in [0.4, 0.5) is 0 Å². The molecule has 1 aromatic rings. The maximum Gasteiger partial charge on any atom is 0.208 e. The highest BCUT2D eigenvalue weighted by Crippen LogP contribution is 2.05. The molecule has 0 aliphatic rings. The monoisotopic (exact) mass is 226 g/mol. The summed E-state index contributed by atoms with van der Waals surface area (Å²) >= 11 is 0. The average molecular weight is 226 g/mol. The van der Waals surface area contributed by atoms with Gasteiger partial charge in [0.25, 0.3) is 0 Å². The van der Waals surface area contributed by atoms with Gasteiger partial charge in [-0.3, -0.25) is 0 Å². The van der Waals surface area contributed by atoms with Crippen molar-refractivity contribution in [1.82, 2.24) is 0 Å². The van der Waals surface area contributed by atoms with Crippen molar-refractivity contribution in [2.24, 2.45) is 0 Å². The molecule has 0 spiro atoms. The predicted octanol–water partition coefficient (Wildman–Crippen LogP) is 1.01. The van der Waals surface area contributed by atoms with Crippen LogP contribution in [-0.4, -0.2) is 34.5 Å². The van der Waals surface area contributed by atoms with Crippen LogP contribution in [0.1, 0.15) is 6.92 Å². The van der Waals surface area contributed by atoms with Crippen molar-refractivity contribution in [3.63, 3.8) is 0 Å². The van der Waals surface area contributed by atoms with E-state index in [-0.39, 0.29) is 0 Å². The highest BCUT2D eigenvalue weighted by Gasteiger charge is 2.11. The lowest BCUT2D eigenvalue weighted by Crippen LogP contribution is -2.33. The number of methoxy groups -OCH3 is 1. The van der Waals surface area contributed by atoms with Gasteiger partial charge in [0.2, 0.25) is 9.04 Å². The van der Waals surface area contributed by atoms with Gasteiger partial charge in [-0.1, -0.05) is 19.1 Å². The molecular formula is C11H18O3Si. The Morgan fingerprint density at radius 1 is 1.20 bits per heavy atom. The molecule has 0 radical (unpaired) electrons. The van der Waals surface area contributed by atoms with Crippen LogP contribution in [0, 0.1) is 0 Å².